The maximum Gasteiger partial charge on any atom is 0.0693 e. The Hall–Kier alpha value is -5.03. The molecule has 0 spiro atoms. The molecular formula is C41H43N5. The van der Waals surface area contributed by atoms with Crippen molar-refractivity contribution in [3.8, 4) is 0 Å². The van der Waals surface area contributed by atoms with Crippen molar-refractivity contribution >= 4 is 35.6 Å². The molecule has 5 heteroatoms. The Labute approximate surface area is 270 Å². The number of benzene rings is 1. The SMILES string of the molecule is CCC1=C(C)C2=Cc3ccc([nH]3)C(c3ccccc3)=c3ccc([nH]3)=Cc3[nH]c(c(CC)c3C)C=c3[nH]c(c(CC)c3CC)=CC1=N2. The largest absolute Gasteiger partial charge is 0.355 e. The van der Waals surface area contributed by atoms with Crippen LogP contribution in [0.4, 0.5) is 0 Å². The highest BCUT2D eigenvalue weighted by Gasteiger charge is 2.20. The predicted molar refractivity (Wildman–Crippen MR) is 193 cm³/mol. The molecule has 232 valence electrons. The summed E-state index contributed by atoms with van der Waals surface area (Å²) in [4.78, 5) is 20.3. The molecule has 0 unspecified atom stereocenters. The molecule has 2 aliphatic heterocycles. The average molecular weight is 606 g/mol. The number of nitrogens with one attached hydrogen (secondary N) is 4. The van der Waals surface area contributed by atoms with Crippen molar-refractivity contribution in [2.24, 2.45) is 4.99 Å². The van der Waals surface area contributed by atoms with Crippen LogP contribution in [-0.2, 0) is 19.3 Å². The highest BCUT2D eigenvalue weighted by atomic mass is 14.8. The summed E-state index contributed by atoms with van der Waals surface area (Å²) < 4.78 is 0. The summed E-state index contributed by atoms with van der Waals surface area (Å²) in [6.45, 7) is 13.4. The van der Waals surface area contributed by atoms with Crippen molar-refractivity contribution < 1.29 is 0 Å². The predicted octanol–water partition coefficient (Wildman–Crippen LogP) is 6.22. The van der Waals surface area contributed by atoms with Gasteiger partial charge in [-0.3, -0.25) is 0 Å². The molecule has 0 radical (unpaired) electrons. The fourth-order valence-corrected chi connectivity index (χ4v) is 7.34. The Morgan fingerprint density at radius 2 is 1.35 bits per heavy atom. The van der Waals surface area contributed by atoms with Crippen molar-refractivity contribution in [2.45, 2.75) is 67.2 Å². The third kappa shape index (κ3) is 5.10. The van der Waals surface area contributed by atoms with E-state index < -0.39 is 0 Å². The standard InChI is InChI=1S/C41H43N5/c1-7-29-24(5)35-20-27-16-18-33(42-27)41(26-14-12-11-13-15-26)34-19-17-28(43-34)21-36-25(6)30(8-2)38(45-36)23-40-32(10-4)31(9-3)39(46-40)22-37(29)44-35/h11-23,42-44,46H,7-10H2,1-6H3. The van der Waals surface area contributed by atoms with Crippen LogP contribution in [0.3, 0.4) is 0 Å². The zero-order chi connectivity index (χ0) is 31.9. The minimum Gasteiger partial charge on any atom is -0.355 e. The Kier molecular flexibility index (Phi) is 7.77. The minimum absolute atomic E-state index is 0.929. The molecule has 1 aromatic carbocycles. The van der Waals surface area contributed by atoms with E-state index in [9.17, 15) is 0 Å². The topological polar surface area (TPSA) is 75.5 Å². The van der Waals surface area contributed by atoms with E-state index in [0.717, 1.165) is 81.4 Å². The summed E-state index contributed by atoms with van der Waals surface area (Å²) in [5.41, 5.74) is 16.7. The molecule has 4 N–H and O–H groups in total. The minimum atomic E-state index is 0.929. The summed E-state index contributed by atoms with van der Waals surface area (Å²) in [5.74, 6) is 0. The first-order valence-corrected chi connectivity index (χ1v) is 16.7. The number of aliphatic imine (C=N–C) groups is 1. The second kappa shape index (κ2) is 12.1. The summed E-state index contributed by atoms with van der Waals surface area (Å²) in [6.07, 6.45) is 12.8. The van der Waals surface area contributed by atoms with Gasteiger partial charge in [0.25, 0.3) is 0 Å². The smallest absolute Gasteiger partial charge is 0.0693 e. The van der Waals surface area contributed by atoms with Gasteiger partial charge in [-0.15, -0.1) is 0 Å². The van der Waals surface area contributed by atoms with Gasteiger partial charge in [0, 0.05) is 49.7 Å². The van der Waals surface area contributed by atoms with E-state index in [-0.39, 0.29) is 0 Å². The summed E-state index contributed by atoms with van der Waals surface area (Å²) in [6, 6.07) is 19.3. The van der Waals surface area contributed by atoms with Gasteiger partial charge >= 0.3 is 0 Å². The Morgan fingerprint density at radius 1 is 0.609 bits per heavy atom. The van der Waals surface area contributed by atoms with Crippen LogP contribution in [0.2, 0.25) is 0 Å². The van der Waals surface area contributed by atoms with Gasteiger partial charge in [0.15, 0.2) is 0 Å². The lowest BCUT2D eigenvalue weighted by molar-refractivity contribution is 1.04. The lowest BCUT2D eigenvalue weighted by Crippen LogP contribution is -2.15. The molecule has 0 saturated heterocycles. The maximum atomic E-state index is 5.22. The van der Waals surface area contributed by atoms with E-state index in [1.54, 1.807) is 0 Å². The second-order valence-corrected chi connectivity index (χ2v) is 12.3. The Bertz CT molecular complexity index is 2310. The Balaban J connectivity index is 1.57. The van der Waals surface area contributed by atoms with Crippen molar-refractivity contribution in [3.05, 3.63) is 143 Å². The molecule has 0 fully saturated rings. The molecule has 0 atom stereocenters. The molecule has 2 aliphatic rings. The molecule has 6 heterocycles. The summed E-state index contributed by atoms with van der Waals surface area (Å²) in [5, 5.41) is 4.47. The van der Waals surface area contributed by atoms with E-state index in [2.05, 4.69) is 140 Å². The van der Waals surface area contributed by atoms with Gasteiger partial charge in [0.2, 0.25) is 0 Å². The fourth-order valence-electron chi connectivity index (χ4n) is 7.34. The first-order chi connectivity index (χ1) is 22.4. The normalized spacial score (nSPS) is 14.4. The molecule has 7 rings (SSSR count). The van der Waals surface area contributed by atoms with Crippen LogP contribution in [0.25, 0.3) is 29.9 Å². The number of hydrogen-bond acceptors (Lipinski definition) is 1. The number of hydrogen-bond donors (Lipinski definition) is 4. The van der Waals surface area contributed by atoms with Crippen LogP contribution in [0.15, 0.2) is 76.4 Å². The lowest BCUT2D eigenvalue weighted by Gasteiger charge is -2.05. The number of nitrogens with zero attached hydrogens (tertiary/aromatic N) is 1. The van der Waals surface area contributed by atoms with Gasteiger partial charge in [0.05, 0.1) is 11.4 Å². The number of fused-ring (bicyclic) bond motifs is 9. The van der Waals surface area contributed by atoms with E-state index in [4.69, 9.17) is 4.99 Å². The first-order valence-electron chi connectivity index (χ1n) is 16.7. The van der Waals surface area contributed by atoms with Crippen LogP contribution >= 0.6 is 0 Å². The molecule has 4 aromatic heterocycles. The van der Waals surface area contributed by atoms with Gasteiger partial charge in [-0.2, -0.15) is 0 Å². The van der Waals surface area contributed by atoms with Crippen LogP contribution in [-0.4, -0.2) is 25.6 Å². The number of aromatic nitrogens is 4. The monoisotopic (exact) mass is 605 g/mol. The van der Waals surface area contributed by atoms with Crippen molar-refractivity contribution in [3.63, 3.8) is 0 Å². The molecule has 5 aromatic rings. The summed E-state index contributed by atoms with van der Waals surface area (Å²) >= 11 is 0. The van der Waals surface area contributed by atoms with Gasteiger partial charge in [0.1, 0.15) is 0 Å². The van der Waals surface area contributed by atoms with Crippen molar-refractivity contribution in [1.82, 2.24) is 19.9 Å². The van der Waals surface area contributed by atoms with Gasteiger partial charge < -0.3 is 19.9 Å². The molecule has 0 saturated carbocycles. The molecule has 0 amide bonds. The van der Waals surface area contributed by atoms with E-state index >= 15 is 0 Å². The van der Waals surface area contributed by atoms with Crippen LogP contribution in [0.5, 0.6) is 0 Å². The maximum absolute atomic E-state index is 5.22. The lowest BCUT2D eigenvalue weighted by atomic mass is 10.0. The third-order valence-electron chi connectivity index (χ3n) is 9.72. The fraction of sp³-hybridized carbons (Fsp3) is 0.244. The summed E-state index contributed by atoms with van der Waals surface area (Å²) in [7, 11) is 0. The van der Waals surface area contributed by atoms with Crippen LogP contribution < -0.4 is 21.4 Å². The van der Waals surface area contributed by atoms with Gasteiger partial charge in [-0.1, -0.05) is 58.0 Å². The molecule has 46 heavy (non-hydrogen) atoms. The zero-order valence-corrected chi connectivity index (χ0v) is 27.8. The number of H-pyrrole nitrogens is 4. The van der Waals surface area contributed by atoms with Gasteiger partial charge in [-0.05, 0) is 127 Å². The molecule has 10 bridgehead atoms. The first kappa shape index (κ1) is 29.7. The second-order valence-electron chi connectivity index (χ2n) is 12.3. The molecular weight excluding hydrogens is 562 g/mol. The van der Waals surface area contributed by atoms with E-state index in [1.165, 1.54) is 44.4 Å². The number of allylic oxidation sites excluding steroid dienone is 2. The third-order valence-corrected chi connectivity index (χ3v) is 9.72. The molecule has 5 nitrogen and oxygen atoms in total. The van der Waals surface area contributed by atoms with E-state index in [0.29, 0.717) is 0 Å². The van der Waals surface area contributed by atoms with Crippen LogP contribution in [0, 0.1) is 6.92 Å². The quantitative estimate of drug-likeness (QED) is 0.184. The van der Waals surface area contributed by atoms with Crippen molar-refractivity contribution in [1.29, 1.82) is 0 Å². The van der Waals surface area contributed by atoms with Gasteiger partial charge in [-0.25, -0.2) is 4.99 Å². The Morgan fingerprint density at radius 3 is 2.07 bits per heavy atom. The molecule has 0 aliphatic carbocycles. The zero-order valence-electron chi connectivity index (χ0n) is 27.8. The number of rotatable bonds is 5. The van der Waals surface area contributed by atoms with E-state index in [1.807, 2.05) is 0 Å². The number of aromatic amines is 4. The highest BCUT2D eigenvalue weighted by molar-refractivity contribution is 6.23. The van der Waals surface area contributed by atoms with Crippen molar-refractivity contribution in [2.75, 3.05) is 0 Å². The average Bonchev–Trinajstić information content (AvgIpc) is 3.88. The highest BCUT2D eigenvalue weighted by Crippen LogP contribution is 2.30. The van der Waals surface area contributed by atoms with Crippen LogP contribution in [0.1, 0.15) is 91.6 Å².